The molecule has 0 aromatic heterocycles. The molecule has 0 amide bonds. The highest BCUT2D eigenvalue weighted by Crippen LogP contribution is 2.23. The molecule has 0 aliphatic carbocycles. The summed E-state index contributed by atoms with van der Waals surface area (Å²) in [5.74, 6) is 0.362. The van der Waals surface area contributed by atoms with Gasteiger partial charge in [-0.15, -0.1) is 0 Å². The number of phenols is 1. The number of hydrogen-bond donors (Lipinski definition) is 2. The summed E-state index contributed by atoms with van der Waals surface area (Å²) in [6.45, 7) is 1.94. The molecule has 0 spiro atoms. The minimum atomic E-state index is 0.0490. The van der Waals surface area contributed by atoms with E-state index in [4.69, 9.17) is 5.73 Å². The molecule has 0 fully saturated rings. The Balaban J connectivity index is 2.02. The maximum atomic E-state index is 9.65. The maximum Gasteiger partial charge on any atom is 0.118 e. The first-order valence-corrected chi connectivity index (χ1v) is 6.26. The molecule has 1 atom stereocenters. The van der Waals surface area contributed by atoms with Gasteiger partial charge in [-0.3, -0.25) is 0 Å². The average Bonchev–Trinajstić information content (AvgIpc) is 2.41. The Morgan fingerprint density at radius 3 is 2.50 bits per heavy atom. The van der Waals surface area contributed by atoms with Crippen molar-refractivity contribution < 1.29 is 5.11 Å². The summed E-state index contributed by atoms with van der Waals surface area (Å²) >= 11 is 0. The van der Waals surface area contributed by atoms with Crippen LogP contribution in [-0.4, -0.2) is 5.11 Å². The van der Waals surface area contributed by atoms with E-state index in [0.717, 1.165) is 24.0 Å². The van der Waals surface area contributed by atoms with Crippen LogP contribution in [0.25, 0.3) is 0 Å². The van der Waals surface area contributed by atoms with E-state index in [9.17, 15) is 5.11 Å². The summed E-state index contributed by atoms with van der Waals surface area (Å²) in [6, 6.07) is 15.8. The lowest BCUT2D eigenvalue weighted by molar-refractivity contribution is 0.469. The van der Waals surface area contributed by atoms with Crippen LogP contribution in [0.4, 0.5) is 0 Å². The molecule has 2 aromatic rings. The van der Waals surface area contributed by atoms with Gasteiger partial charge in [0.15, 0.2) is 0 Å². The lowest BCUT2D eigenvalue weighted by Crippen LogP contribution is -2.11. The van der Waals surface area contributed by atoms with E-state index in [-0.39, 0.29) is 6.04 Å². The van der Waals surface area contributed by atoms with Crippen LogP contribution in [-0.2, 0) is 6.42 Å². The first kappa shape index (κ1) is 12.7. The quantitative estimate of drug-likeness (QED) is 0.862. The second-order valence-corrected chi connectivity index (χ2v) is 4.62. The number of benzene rings is 2. The van der Waals surface area contributed by atoms with Crippen LogP contribution in [0.1, 0.15) is 29.2 Å². The fraction of sp³-hybridized carbons (Fsp3) is 0.250. The lowest BCUT2D eigenvalue weighted by Gasteiger charge is -2.13. The van der Waals surface area contributed by atoms with Crippen LogP contribution in [0.3, 0.4) is 0 Å². The Kier molecular flexibility index (Phi) is 4.00. The zero-order chi connectivity index (χ0) is 13.0. The molecule has 2 aromatic carbocycles. The number of aromatic hydroxyl groups is 1. The highest BCUT2D eigenvalue weighted by molar-refractivity contribution is 5.38. The third-order valence-electron chi connectivity index (χ3n) is 3.37. The van der Waals surface area contributed by atoms with Crippen LogP contribution >= 0.6 is 0 Å². The number of aryl methyl sites for hydroxylation is 1. The molecule has 0 saturated heterocycles. The van der Waals surface area contributed by atoms with Crippen LogP contribution in [0.15, 0.2) is 48.5 Å². The number of phenolic OH excluding ortho intramolecular Hbond substituents is 1. The lowest BCUT2D eigenvalue weighted by atomic mass is 9.97. The zero-order valence-corrected chi connectivity index (χ0v) is 10.6. The molecule has 0 saturated carbocycles. The Hall–Kier alpha value is -1.80. The second kappa shape index (κ2) is 5.69. The van der Waals surface area contributed by atoms with Crippen LogP contribution in [0.2, 0.25) is 0 Å². The normalized spacial score (nSPS) is 12.3. The van der Waals surface area contributed by atoms with E-state index in [1.54, 1.807) is 6.07 Å². The molecule has 0 bridgehead atoms. The molecule has 0 aliphatic heterocycles. The summed E-state index contributed by atoms with van der Waals surface area (Å²) in [4.78, 5) is 0. The largest absolute Gasteiger partial charge is 0.508 e. The fourth-order valence-electron chi connectivity index (χ4n) is 2.12. The zero-order valence-electron chi connectivity index (χ0n) is 10.6. The van der Waals surface area contributed by atoms with Crippen LogP contribution in [0, 0.1) is 6.92 Å². The number of nitrogens with two attached hydrogens (primary N) is 1. The van der Waals surface area contributed by atoms with Crippen molar-refractivity contribution in [2.45, 2.75) is 25.8 Å². The van der Waals surface area contributed by atoms with Gasteiger partial charge in [0.25, 0.3) is 0 Å². The first-order valence-electron chi connectivity index (χ1n) is 6.26. The highest BCUT2D eigenvalue weighted by atomic mass is 16.3. The summed E-state index contributed by atoms with van der Waals surface area (Å²) in [5.41, 5.74) is 9.45. The van der Waals surface area contributed by atoms with Gasteiger partial charge >= 0.3 is 0 Å². The van der Waals surface area contributed by atoms with Gasteiger partial charge in [0.05, 0.1) is 0 Å². The topological polar surface area (TPSA) is 46.2 Å². The van der Waals surface area contributed by atoms with Gasteiger partial charge in [0.2, 0.25) is 0 Å². The van der Waals surface area contributed by atoms with Crippen LogP contribution in [0.5, 0.6) is 5.75 Å². The molecule has 18 heavy (non-hydrogen) atoms. The fourth-order valence-corrected chi connectivity index (χ4v) is 2.12. The predicted octanol–water partition coefficient (Wildman–Crippen LogP) is 3.33. The minimum Gasteiger partial charge on any atom is -0.508 e. The SMILES string of the molecule is Cc1c(O)cccc1CCC(N)c1ccccc1. The average molecular weight is 241 g/mol. The molecule has 0 heterocycles. The number of hydrogen-bond acceptors (Lipinski definition) is 2. The van der Waals surface area contributed by atoms with Crippen molar-refractivity contribution in [3.05, 3.63) is 65.2 Å². The maximum absolute atomic E-state index is 9.65. The Bertz CT molecular complexity index is 508. The van der Waals surface area contributed by atoms with Gasteiger partial charge in [-0.2, -0.15) is 0 Å². The van der Waals surface area contributed by atoms with E-state index in [1.165, 1.54) is 5.56 Å². The molecule has 3 N–H and O–H groups in total. The molecule has 1 unspecified atom stereocenters. The summed E-state index contributed by atoms with van der Waals surface area (Å²) in [6.07, 6.45) is 1.77. The van der Waals surface area contributed by atoms with E-state index < -0.39 is 0 Å². The van der Waals surface area contributed by atoms with Crippen molar-refractivity contribution in [2.75, 3.05) is 0 Å². The first-order chi connectivity index (χ1) is 8.68. The van der Waals surface area contributed by atoms with Crippen molar-refractivity contribution in [3.8, 4) is 5.75 Å². The second-order valence-electron chi connectivity index (χ2n) is 4.62. The highest BCUT2D eigenvalue weighted by Gasteiger charge is 2.08. The van der Waals surface area contributed by atoms with Gasteiger partial charge in [0.1, 0.15) is 5.75 Å². The van der Waals surface area contributed by atoms with E-state index in [1.807, 2.05) is 37.3 Å². The van der Waals surface area contributed by atoms with E-state index in [0.29, 0.717) is 5.75 Å². The standard InChI is InChI=1S/C16H19NO/c1-12-13(8-5-9-16(12)18)10-11-15(17)14-6-3-2-4-7-14/h2-9,15,18H,10-11,17H2,1H3. The smallest absolute Gasteiger partial charge is 0.118 e. The number of rotatable bonds is 4. The third kappa shape index (κ3) is 2.90. The van der Waals surface area contributed by atoms with Gasteiger partial charge < -0.3 is 10.8 Å². The summed E-state index contributed by atoms with van der Waals surface area (Å²) in [5, 5.41) is 9.65. The Morgan fingerprint density at radius 2 is 1.78 bits per heavy atom. The van der Waals surface area contributed by atoms with Crippen molar-refractivity contribution in [3.63, 3.8) is 0 Å². The summed E-state index contributed by atoms with van der Waals surface area (Å²) < 4.78 is 0. The Morgan fingerprint density at radius 1 is 1.06 bits per heavy atom. The van der Waals surface area contributed by atoms with Gasteiger partial charge in [0, 0.05) is 6.04 Å². The molecule has 2 nitrogen and oxygen atoms in total. The molecule has 94 valence electrons. The van der Waals surface area contributed by atoms with Crippen molar-refractivity contribution >= 4 is 0 Å². The minimum absolute atomic E-state index is 0.0490. The molecule has 2 heteroatoms. The monoisotopic (exact) mass is 241 g/mol. The third-order valence-corrected chi connectivity index (χ3v) is 3.37. The van der Waals surface area contributed by atoms with Crippen molar-refractivity contribution in [2.24, 2.45) is 5.73 Å². The van der Waals surface area contributed by atoms with Crippen LogP contribution < -0.4 is 5.73 Å². The van der Waals surface area contributed by atoms with Crippen molar-refractivity contribution in [1.82, 2.24) is 0 Å². The molecule has 0 aliphatic rings. The van der Waals surface area contributed by atoms with Gasteiger partial charge in [-0.1, -0.05) is 42.5 Å². The molecule has 0 radical (unpaired) electrons. The molecule has 2 rings (SSSR count). The van der Waals surface area contributed by atoms with Gasteiger partial charge in [-0.25, -0.2) is 0 Å². The Labute approximate surface area is 108 Å². The van der Waals surface area contributed by atoms with E-state index >= 15 is 0 Å². The van der Waals surface area contributed by atoms with Gasteiger partial charge in [-0.05, 0) is 42.5 Å². The summed E-state index contributed by atoms with van der Waals surface area (Å²) in [7, 11) is 0. The molecular formula is C16H19NO. The van der Waals surface area contributed by atoms with Crippen molar-refractivity contribution in [1.29, 1.82) is 0 Å². The predicted molar refractivity (Wildman–Crippen MR) is 74.5 cm³/mol. The molecular weight excluding hydrogens is 222 g/mol. The van der Waals surface area contributed by atoms with E-state index in [2.05, 4.69) is 12.1 Å².